The van der Waals surface area contributed by atoms with Crippen LogP contribution in [0.4, 0.5) is 13.2 Å². The van der Waals surface area contributed by atoms with E-state index in [1.54, 1.807) is 6.07 Å². The Labute approximate surface area is 108 Å². The summed E-state index contributed by atoms with van der Waals surface area (Å²) in [5, 5.41) is 5.54. The van der Waals surface area contributed by atoms with E-state index in [9.17, 15) is 13.2 Å². The van der Waals surface area contributed by atoms with Gasteiger partial charge in [0.15, 0.2) is 6.29 Å². The van der Waals surface area contributed by atoms with Gasteiger partial charge in [0.05, 0.1) is 5.56 Å². The number of halogens is 3. The minimum atomic E-state index is -4.42. The predicted molar refractivity (Wildman–Crippen MR) is 67.0 cm³/mol. The van der Waals surface area contributed by atoms with E-state index in [0.29, 0.717) is 11.5 Å². The van der Waals surface area contributed by atoms with Gasteiger partial charge in [-0.25, -0.2) is 0 Å². The smallest absolute Gasteiger partial charge is 0.353 e. The molecule has 0 aliphatic carbocycles. The Bertz CT molecular complexity index is 534. The Morgan fingerprint density at radius 3 is 2.53 bits per heavy atom. The average molecular weight is 270 g/mol. The van der Waals surface area contributed by atoms with Gasteiger partial charge in [0, 0.05) is 24.4 Å². The van der Waals surface area contributed by atoms with Crippen molar-refractivity contribution in [3.63, 3.8) is 0 Å². The van der Waals surface area contributed by atoms with Crippen molar-refractivity contribution in [1.29, 1.82) is 0 Å². The molecule has 1 aliphatic heterocycles. The molecule has 0 spiro atoms. The van der Waals surface area contributed by atoms with Crippen LogP contribution in [0.2, 0.25) is 0 Å². The maximum absolute atomic E-state index is 12.9. The highest BCUT2D eigenvalue weighted by atomic mass is 19.4. The number of hydrogen-bond donors (Lipinski definition) is 3. The summed E-state index contributed by atoms with van der Waals surface area (Å²) >= 11 is 0. The minimum absolute atomic E-state index is 0.0492. The van der Waals surface area contributed by atoms with E-state index in [1.165, 1.54) is 25.3 Å². The molecular weight excluding hydrogens is 257 g/mol. The highest BCUT2D eigenvalue weighted by Crippen LogP contribution is 2.34. The monoisotopic (exact) mass is 270 g/mol. The summed E-state index contributed by atoms with van der Waals surface area (Å²) < 4.78 is 38.8. The van der Waals surface area contributed by atoms with Crippen molar-refractivity contribution in [2.24, 2.45) is 10.7 Å². The second kappa shape index (κ2) is 4.93. The molecule has 19 heavy (non-hydrogen) atoms. The maximum Gasteiger partial charge on any atom is 0.417 e. The van der Waals surface area contributed by atoms with Gasteiger partial charge in [-0.15, -0.1) is 0 Å². The summed E-state index contributed by atoms with van der Waals surface area (Å²) in [6.45, 7) is 0. The third-order valence-corrected chi connectivity index (χ3v) is 2.66. The molecule has 1 aliphatic rings. The molecule has 102 valence electrons. The number of hydrogen-bond acceptors (Lipinski definition) is 3. The fraction of sp³-hybridized carbons (Fsp3) is 0.250. The second-order valence-corrected chi connectivity index (χ2v) is 3.98. The van der Waals surface area contributed by atoms with E-state index < -0.39 is 18.0 Å². The molecule has 7 heteroatoms. The highest BCUT2D eigenvalue weighted by Gasteiger charge is 2.34. The molecule has 4 nitrogen and oxygen atoms in total. The second-order valence-electron chi connectivity index (χ2n) is 3.98. The zero-order chi connectivity index (χ0) is 14.0. The fourth-order valence-corrected chi connectivity index (χ4v) is 1.83. The van der Waals surface area contributed by atoms with Gasteiger partial charge in [0.1, 0.15) is 5.84 Å². The topological polar surface area (TPSA) is 62.4 Å². The molecule has 0 bridgehead atoms. The van der Waals surface area contributed by atoms with Gasteiger partial charge in [-0.3, -0.25) is 10.7 Å². The van der Waals surface area contributed by atoms with Crippen molar-refractivity contribution in [3.8, 4) is 0 Å². The Balaban J connectivity index is 2.50. The minimum Gasteiger partial charge on any atom is -0.353 e. The first-order valence-corrected chi connectivity index (χ1v) is 5.55. The molecule has 0 aromatic heterocycles. The summed E-state index contributed by atoms with van der Waals surface area (Å²) in [5.41, 5.74) is 5.29. The van der Waals surface area contributed by atoms with Gasteiger partial charge in [0.2, 0.25) is 0 Å². The third-order valence-electron chi connectivity index (χ3n) is 2.66. The maximum atomic E-state index is 12.9. The third kappa shape index (κ3) is 2.87. The number of nitrogens with two attached hydrogens (primary N) is 1. The normalized spacial score (nSPS) is 21.6. The lowest BCUT2D eigenvalue weighted by Gasteiger charge is -2.26. The lowest BCUT2D eigenvalue weighted by atomic mass is 10.0. The van der Waals surface area contributed by atoms with Crippen LogP contribution in [0.25, 0.3) is 5.70 Å². The van der Waals surface area contributed by atoms with Crippen LogP contribution >= 0.6 is 0 Å². The lowest BCUT2D eigenvalue weighted by molar-refractivity contribution is -0.137. The van der Waals surface area contributed by atoms with Crippen molar-refractivity contribution in [2.75, 3.05) is 7.05 Å². The molecule has 1 aromatic carbocycles. The molecule has 2 rings (SSSR count). The Hall–Kier alpha value is -2.02. The van der Waals surface area contributed by atoms with Crippen molar-refractivity contribution >= 4 is 11.5 Å². The van der Waals surface area contributed by atoms with Crippen molar-refractivity contribution in [3.05, 3.63) is 41.5 Å². The van der Waals surface area contributed by atoms with Gasteiger partial charge >= 0.3 is 6.18 Å². The molecule has 0 fully saturated rings. The molecule has 0 saturated heterocycles. The molecule has 0 amide bonds. The molecule has 1 unspecified atom stereocenters. The first-order valence-electron chi connectivity index (χ1n) is 5.55. The van der Waals surface area contributed by atoms with Crippen molar-refractivity contribution < 1.29 is 13.2 Å². The molecule has 1 atom stereocenters. The van der Waals surface area contributed by atoms with Crippen LogP contribution in [0.5, 0.6) is 0 Å². The number of aliphatic imine (C=N–C) groups is 1. The summed E-state index contributed by atoms with van der Waals surface area (Å²) in [6, 6.07) is 5.33. The number of nitrogens with one attached hydrogen (secondary N) is 2. The van der Waals surface area contributed by atoms with Gasteiger partial charge in [-0.2, -0.15) is 13.2 Å². The first kappa shape index (κ1) is 13.4. The van der Waals surface area contributed by atoms with Crippen LogP contribution in [0.15, 0.2) is 35.3 Å². The number of alkyl halides is 3. The zero-order valence-corrected chi connectivity index (χ0v) is 10.1. The number of benzene rings is 1. The van der Waals surface area contributed by atoms with E-state index in [2.05, 4.69) is 15.6 Å². The van der Waals surface area contributed by atoms with Crippen LogP contribution in [-0.2, 0) is 6.18 Å². The summed E-state index contributed by atoms with van der Waals surface area (Å²) in [6.07, 6.45) is -3.61. The van der Waals surface area contributed by atoms with Gasteiger partial charge < -0.3 is 10.6 Å². The van der Waals surface area contributed by atoms with Crippen LogP contribution in [0.1, 0.15) is 11.1 Å². The predicted octanol–water partition coefficient (Wildman–Crippen LogP) is 1.51. The van der Waals surface area contributed by atoms with E-state index in [4.69, 9.17) is 5.73 Å². The number of amidine groups is 1. The summed E-state index contributed by atoms with van der Waals surface area (Å²) in [7, 11) is 1.53. The Morgan fingerprint density at radius 1 is 1.21 bits per heavy atom. The summed E-state index contributed by atoms with van der Waals surface area (Å²) in [5.74, 6) is 0.429. The molecule has 0 saturated carbocycles. The van der Waals surface area contributed by atoms with Gasteiger partial charge in [-0.1, -0.05) is 18.2 Å². The largest absolute Gasteiger partial charge is 0.417 e. The molecule has 1 aromatic rings. The van der Waals surface area contributed by atoms with E-state index in [0.717, 1.165) is 6.07 Å². The first-order chi connectivity index (χ1) is 8.91. The molecule has 1 heterocycles. The average Bonchev–Trinajstić information content (AvgIpc) is 2.37. The Kier molecular flexibility index (Phi) is 3.48. The van der Waals surface area contributed by atoms with Gasteiger partial charge in [-0.05, 0) is 6.07 Å². The van der Waals surface area contributed by atoms with Crippen molar-refractivity contribution in [2.45, 2.75) is 12.5 Å². The SMILES string of the molecule is CN=C1C=C(c2ccccc2C(F)(F)F)NC(N)N1. The summed E-state index contributed by atoms with van der Waals surface area (Å²) in [4.78, 5) is 3.89. The van der Waals surface area contributed by atoms with Crippen LogP contribution in [0.3, 0.4) is 0 Å². The van der Waals surface area contributed by atoms with Crippen LogP contribution < -0.4 is 16.4 Å². The number of nitrogens with zero attached hydrogens (tertiary/aromatic N) is 1. The highest BCUT2D eigenvalue weighted by molar-refractivity contribution is 6.00. The van der Waals surface area contributed by atoms with E-state index >= 15 is 0 Å². The quantitative estimate of drug-likeness (QED) is 0.725. The van der Waals surface area contributed by atoms with E-state index in [-0.39, 0.29) is 5.56 Å². The van der Waals surface area contributed by atoms with Gasteiger partial charge in [0.25, 0.3) is 0 Å². The van der Waals surface area contributed by atoms with Crippen LogP contribution in [-0.4, -0.2) is 19.2 Å². The standard InChI is InChI=1S/C12H13F3N4/c1-17-10-6-9(18-11(16)19-10)7-4-2-3-5-8(7)12(13,14)15/h2-6,11,18H,16H2,1H3,(H,17,19). The Morgan fingerprint density at radius 2 is 1.89 bits per heavy atom. The van der Waals surface area contributed by atoms with Crippen LogP contribution in [0, 0.1) is 0 Å². The molecular formula is C12H13F3N4. The molecule has 4 N–H and O–H groups in total. The fourth-order valence-electron chi connectivity index (χ4n) is 1.83. The van der Waals surface area contributed by atoms with Crippen molar-refractivity contribution in [1.82, 2.24) is 10.6 Å². The lowest BCUT2D eigenvalue weighted by Crippen LogP contribution is -2.53. The van der Waals surface area contributed by atoms with E-state index in [1.807, 2.05) is 0 Å². The zero-order valence-electron chi connectivity index (χ0n) is 10.1. The molecule has 0 radical (unpaired) electrons. The number of rotatable bonds is 1.